The minimum absolute atomic E-state index is 0.111. The van der Waals surface area contributed by atoms with Gasteiger partial charge in [-0.1, -0.05) is 35.8 Å². The van der Waals surface area contributed by atoms with Gasteiger partial charge in [0.25, 0.3) is 5.69 Å². The van der Waals surface area contributed by atoms with Crippen LogP contribution in [0.15, 0.2) is 22.7 Å². The molecule has 0 aliphatic heterocycles. The molecule has 2 N–H and O–H groups in total. The van der Waals surface area contributed by atoms with Gasteiger partial charge < -0.3 is 5.73 Å². The summed E-state index contributed by atoms with van der Waals surface area (Å²) < 4.78 is 0.785. The fourth-order valence-corrected chi connectivity index (χ4v) is 3.74. The summed E-state index contributed by atoms with van der Waals surface area (Å²) in [4.78, 5) is 10.4. The molecule has 1 fully saturated rings. The van der Waals surface area contributed by atoms with E-state index in [1.54, 1.807) is 12.1 Å². The predicted molar refractivity (Wildman–Crippen MR) is 88.2 cm³/mol. The van der Waals surface area contributed by atoms with E-state index in [0.717, 1.165) is 41.1 Å². The lowest BCUT2D eigenvalue weighted by molar-refractivity contribution is -0.384. The van der Waals surface area contributed by atoms with Crippen LogP contribution in [-0.2, 0) is 6.42 Å². The lowest BCUT2D eigenvalue weighted by atomic mass is 9.71. The molecule has 0 amide bonds. The van der Waals surface area contributed by atoms with Gasteiger partial charge >= 0.3 is 0 Å². The van der Waals surface area contributed by atoms with Crippen LogP contribution < -0.4 is 5.73 Å². The monoisotopic (exact) mass is 354 g/mol. The van der Waals surface area contributed by atoms with E-state index in [-0.39, 0.29) is 16.1 Å². The number of rotatable bonds is 4. The fourth-order valence-electron chi connectivity index (χ4n) is 3.23. The highest BCUT2D eigenvalue weighted by molar-refractivity contribution is 9.10. The first kappa shape index (κ1) is 16.4. The second kappa shape index (κ2) is 6.44. The summed E-state index contributed by atoms with van der Waals surface area (Å²) in [5.74, 6) is 1.50. The second-order valence-corrected chi connectivity index (χ2v) is 7.51. The number of benzene rings is 1. The first-order valence-electron chi connectivity index (χ1n) is 7.52. The maximum atomic E-state index is 10.8. The van der Waals surface area contributed by atoms with E-state index >= 15 is 0 Å². The molecule has 4 nitrogen and oxygen atoms in total. The Morgan fingerprint density at radius 3 is 2.52 bits per heavy atom. The molecule has 1 aliphatic rings. The Kier molecular flexibility index (Phi) is 5.04. The van der Waals surface area contributed by atoms with Crippen molar-refractivity contribution >= 4 is 21.6 Å². The van der Waals surface area contributed by atoms with E-state index < -0.39 is 0 Å². The van der Waals surface area contributed by atoms with Crippen LogP contribution in [0.4, 0.5) is 5.69 Å². The van der Waals surface area contributed by atoms with Crippen molar-refractivity contribution in [2.75, 3.05) is 0 Å². The third-order valence-electron chi connectivity index (χ3n) is 4.76. The standard InChI is InChI=1S/C16H23BrN2O2/c1-11(2)12-5-7-16(18,8-6-12)10-13-3-4-14(19(20)21)9-15(13)17/h3-4,9,11-12H,5-8,10,18H2,1-2H3. The van der Waals surface area contributed by atoms with Crippen molar-refractivity contribution < 1.29 is 4.92 Å². The Labute approximate surface area is 134 Å². The number of non-ortho nitro benzene ring substituents is 1. The number of hydrogen-bond acceptors (Lipinski definition) is 3. The minimum atomic E-state index is -0.374. The van der Waals surface area contributed by atoms with E-state index in [0.29, 0.717) is 0 Å². The van der Waals surface area contributed by atoms with Crippen molar-refractivity contribution in [2.45, 2.75) is 51.5 Å². The molecular formula is C16H23BrN2O2. The number of halogens is 1. The van der Waals surface area contributed by atoms with Gasteiger partial charge in [0.05, 0.1) is 4.92 Å². The first-order chi connectivity index (χ1) is 9.81. The molecule has 5 heteroatoms. The average Bonchev–Trinajstić information content (AvgIpc) is 2.41. The third-order valence-corrected chi connectivity index (χ3v) is 5.50. The van der Waals surface area contributed by atoms with Gasteiger partial charge in [0.2, 0.25) is 0 Å². The van der Waals surface area contributed by atoms with E-state index in [9.17, 15) is 10.1 Å². The van der Waals surface area contributed by atoms with Crippen molar-refractivity contribution in [1.29, 1.82) is 0 Å². The molecule has 1 aromatic carbocycles. The van der Waals surface area contributed by atoms with E-state index in [1.807, 2.05) is 6.07 Å². The molecule has 0 saturated heterocycles. The molecular weight excluding hydrogens is 332 g/mol. The second-order valence-electron chi connectivity index (χ2n) is 6.65. The summed E-state index contributed by atoms with van der Waals surface area (Å²) in [5, 5.41) is 10.8. The van der Waals surface area contributed by atoms with Crippen molar-refractivity contribution in [3.8, 4) is 0 Å². The molecule has 1 aliphatic carbocycles. The third kappa shape index (κ3) is 4.04. The van der Waals surface area contributed by atoms with Crippen molar-refractivity contribution in [2.24, 2.45) is 17.6 Å². The number of hydrogen-bond donors (Lipinski definition) is 1. The van der Waals surface area contributed by atoms with E-state index in [1.165, 1.54) is 12.8 Å². The van der Waals surface area contributed by atoms with Gasteiger partial charge in [-0.05, 0) is 49.5 Å². The molecule has 0 spiro atoms. The van der Waals surface area contributed by atoms with Crippen molar-refractivity contribution in [3.05, 3.63) is 38.3 Å². The lowest BCUT2D eigenvalue weighted by Gasteiger charge is -2.39. The van der Waals surface area contributed by atoms with Gasteiger partial charge in [-0.3, -0.25) is 10.1 Å². The van der Waals surface area contributed by atoms with Crippen LogP contribution in [0, 0.1) is 22.0 Å². The summed E-state index contributed by atoms with van der Waals surface area (Å²) in [6.07, 6.45) is 5.19. The molecule has 2 rings (SSSR count). The maximum absolute atomic E-state index is 10.8. The van der Waals surface area contributed by atoms with Crippen molar-refractivity contribution in [3.63, 3.8) is 0 Å². The first-order valence-corrected chi connectivity index (χ1v) is 8.32. The fraction of sp³-hybridized carbons (Fsp3) is 0.625. The van der Waals surface area contributed by atoms with Crippen LogP contribution in [0.3, 0.4) is 0 Å². The minimum Gasteiger partial charge on any atom is -0.325 e. The van der Waals surface area contributed by atoms with Crippen LogP contribution in [0.25, 0.3) is 0 Å². The maximum Gasteiger partial charge on any atom is 0.270 e. The number of nitro groups is 1. The smallest absolute Gasteiger partial charge is 0.270 e. The summed E-state index contributed by atoms with van der Waals surface area (Å²) >= 11 is 3.44. The Balaban J connectivity index is 2.06. The average molecular weight is 355 g/mol. The van der Waals surface area contributed by atoms with Crippen molar-refractivity contribution in [1.82, 2.24) is 0 Å². The molecule has 0 bridgehead atoms. The van der Waals surface area contributed by atoms with Gasteiger partial charge in [-0.2, -0.15) is 0 Å². The van der Waals surface area contributed by atoms with Gasteiger partial charge in [0, 0.05) is 22.1 Å². The number of nitro benzene ring substituents is 1. The predicted octanol–water partition coefficient (Wildman–Crippen LogP) is 4.44. The summed E-state index contributed by atoms with van der Waals surface area (Å²) in [5.41, 5.74) is 7.56. The molecule has 116 valence electrons. The molecule has 0 aromatic heterocycles. The number of nitrogens with zero attached hydrogens (tertiary/aromatic N) is 1. The Morgan fingerprint density at radius 1 is 1.43 bits per heavy atom. The zero-order chi connectivity index (χ0) is 15.6. The van der Waals surface area contributed by atoms with Crippen LogP contribution >= 0.6 is 15.9 Å². The van der Waals surface area contributed by atoms with E-state index in [2.05, 4.69) is 29.8 Å². The molecule has 0 atom stereocenters. The summed E-state index contributed by atoms with van der Waals surface area (Å²) in [6, 6.07) is 4.95. The van der Waals surface area contributed by atoms with Gasteiger partial charge in [0.15, 0.2) is 0 Å². The summed E-state index contributed by atoms with van der Waals surface area (Å²) in [6.45, 7) is 4.56. The van der Waals surface area contributed by atoms with Gasteiger partial charge in [0.1, 0.15) is 0 Å². The Hall–Kier alpha value is -0.940. The van der Waals surface area contributed by atoms with Crippen LogP contribution in [0.5, 0.6) is 0 Å². The molecule has 0 unspecified atom stereocenters. The Bertz CT molecular complexity index is 523. The molecule has 0 heterocycles. The molecule has 1 saturated carbocycles. The molecule has 0 radical (unpaired) electrons. The molecule has 1 aromatic rings. The van der Waals surface area contributed by atoms with E-state index in [4.69, 9.17) is 5.73 Å². The van der Waals surface area contributed by atoms with Crippen LogP contribution in [-0.4, -0.2) is 10.5 Å². The highest BCUT2D eigenvalue weighted by Crippen LogP contribution is 2.37. The largest absolute Gasteiger partial charge is 0.325 e. The normalized spacial score (nSPS) is 26.0. The van der Waals surface area contributed by atoms with Crippen LogP contribution in [0.1, 0.15) is 45.1 Å². The highest BCUT2D eigenvalue weighted by atomic mass is 79.9. The lowest BCUT2D eigenvalue weighted by Crippen LogP contribution is -2.45. The van der Waals surface area contributed by atoms with Crippen LogP contribution in [0.2, 0.25) is 0 Å². The topological polar surface area (TPSA) is 69.2 Å². The molecule has 21 heavy (non-hydrogen) atoms. The highest BCUT2D eigenvalue weighted by Gasteiger charge is 2.33. The Morgan fingerprint density at radius 2 is 2.05 bits per heavy atom. The SMILES string of the molecule is CC(C)C1CCC(N)(Cc2ccc([N+](=O)[O-])cc2Br)CC1. The van der Waals surface area contributed by atoms with Gasteiger partial charge in [-0.15, -0.1) is 0 Å². The zero-order valence-corrected chi connectivity index (χ0v) is 14.2. The zero-order valence-electron chi connectivity index (χ0n) is 12.6. The summed E-state index contributed by atoms with van der Waals surface area (Å²) in [7, 11) is 0. The quantitative estimate of drug-likeness (QED) is 0.641. The van der Waals surface area contributed by atoms with Gasteiger partial charge in [-0.25, -0.2) is 0 Å². The number of nitrogens with two attached hydrogens (primary N) is 1.